The monoisotopic (exact) mass is 348 g/mol. The van der Waals surface area contributed by atoms with Crippen molar-refractivity contribution in [1.82, 2.24) is 0 Å². The lowest BCUT2D eigenvalue weighted by molar-refractivity contribution is -0.384. The molecule has 0 heterocycles. The number of nitro benzene ring substituents is 1. The number of amides is 1. The number of ether oxygens (including phenoxy) is 1. The lowest BCUT2D eigenvalue weighted by Gasteiger charge is -2.08. The number of anilines is 1. The number of nitrogens with one attached hydrogen (secondary N) is 1. The van der Waals surface area contributed by atoms with E-state index >= 15 is 0 Å². The summed E-state index contributed by atoms with van der Waals surface area (Å²) in [6.45, 7) is 1.34. The molecule has 1 amide bonds. The molecular weight excluding hydrogens is 336 g/mol. The first-order chi connectivity index (χ1) is 11.4. The van der Waals surface area contributed by atoms with Gasteiger partial charge in [0.25, 0.3) is 11.6 Å². The Balaban J connectivity index is 1.96. The van der Waals surface area contributed by atoms with Crippen molar-refractivity contribution in [3.8, 4) is 0 Å². The van der Waals surface area contributed by atoms with Crippen LogP contribution in [0.1, 0.15) is 15.9 Å². The number of halogens is 1. The molecule has 0 aromatic heterocycles. The van der Waals surface area contributed by atoms with Gasteiger partial charge >= 0.3 is 5.97 Å². The smallest absolute Gasteiger partial charge is 0.338 e. The molecule has 0 aliphatic rings. The predicted molar refractivity (Wildman–Crippen MR) is 88.2 cm³/mol. The molecule has 0 saturated heterocycles. The molecule has 8 heteroatoms. The third-order valence-electron chi connectivity index (χ3n) is 3.06. The molecule has 24 heavy (non-hydrogen) atoms. The molecule has 0 bridgehead atoms. The molecule has 0 fully saturated rings. The van der Waals surface area contributed by atoms with E-state index in [4.69, 9.17) is 16.3 Å². The van der Waals surface area contributed by atoms with Crippen molar-refractivity contribution in [3.63, 3.8) is 0 Å². The zero-order valence-electron chi connectivity index (χ0n) is 12.6. The van der Waals surface area contributed by atoms with Gasteiger partial charge in [0.2, 0.25) is 0 Å². The Morgan fingerprint density at radius 3 is 2.50 bits per heavy atom. The van der Waals surface area contributed by atoms with Crippen LogP contribution in [0.3, 0.4) is 0 Å². The van der Waals surface area contributed by atoms with Crippen LogP contribution in [-0.4, -0.2) is 23.4 Å². The maximum absolute atomic E-state index is 11.8. The first kappa shape index (κ1) is 17.4. The Hall–Kier alpha value is -2.93. The molecule has 0 aliphatic heterocycles. The number of benzene rings is 2. The highest BCUT2D eigenvalue weighted by Gasteiger charge is 2.14. The van der Waals surface area contributed by atoms with Gasteiger partial charge in [0.05, 0.1) is 21.2 Å². The van der Waals surface area contributed by atoms with Gasteiger partial charge in [-0.1, -0.05) is 29.3 Å². The third-order valence-corrected chi connectivity index (χ3v) is 3.39. The highest BCUT2D eigenvalue weighted by molar-refractivity contribution is 6.33. The summed E-state index contributed by atoms with van der Waals surface area (Å²) in [5.74, 6) is -1.30. The van der Waals surface area contributed by atoms with Crippen molar-refractivity contribution in [2.45, 2.75) is 6.92 Å². The van der Waals surface area contributed by atoms with Crippen LogP contribution in [0.2, 0.25) is 5.02 Å². The number of hydrogen-bond donors (Lipinski definition) is 1. The van der Waals surface area contributed by atoms with E-state index in [0.717, 1.165) is 11.6 Å². The summed E-state index contributed by atoms with van der Waals surface area (Å²) in [6, 6.07) is 10.3. The largest absolute Gasteiger partial charge is 0.452 e. The first-order valence-corrected chi connectivity index (χ1v) is 7.22. The van der Waals surface area contributed by atoms with Gasteiger partial charge < -0.3 is 10.1 Å². The summed E-state index contributed by atoms with van der Waals surface area (Å²) in [4.78, 5) is 33.7. The summed E-state index contributed by atoms with van der Waals surface area (Å²) >= 11 is 5.87. The van der Waals surface area contributed by atoms with Crippen molar-refractivity contribution < 1.29 is 19.2 Å². The Kier molecular flexibility index (Phi) is 5.49. The quantitative estimate of drug-likeness (QED) is 0.507. The van der Waals surface area contributed by atoms with Gasteiger partial charge in [-0.25, -0.2) is 4.79 Å². The normalized spacial score (nSPS) is 10.1. The average Bonchev–Trinajstić information content (AvgIpc) is 2.55. The van der Waals surface area contributed by atoms with E-state index in [1.54, 1.807) is 24.3 Å². The number of rotatable bonds is 5. The van der Waals surface area contributed by atoms with Crippen LogP contribution in [0.5, 0.6) is 0 Å². The molecule has 1 N–H and O–H groups in total. The molecule has 2 aromatic carbocycles. The van der Waals surface area contributed by atoms with Crippen LogP contribution in [0.4, 0.5) is 11.4 Å². The minimum absolute atomic E-state index is 0.0715. The average molecular weight is 349 g/mol. The Bertz CT molecular complexity index is 790. The maximum Gasteiger partial charge on any atom is 0.338 e. The molecule has 7 nitrogen and oxygen atoms in total. The summed E-state index contributed by atoms with van der Waals surface area (Å²) in [6.07, 6.45) is 0. The van der Waals surface area contributed by atoms with Crippen LogP contribution in [0, 0.1) is 17.0 Å². The van der Waals surface area contributed by atoms with E-state index < -0.39 is 23.4 Å². The summed E-state index contributed by atoms with van der Waals surface area (Å²) in [7, 11) is 0. The molecule has 2 rings (SSSR count). The topological polar surface area (TPSA) is 98.5 Å². The first-order valence-electron chi connectivity index (χ1n) is 6.84. The van der Waals surface area contributed by atoms with Gasteiger partial charge in [-0.05, 0) is 25.1 Å². The van der Waals surface area contributed by atoms with Crippen molar-refractivity contribution in [3.05, 3.63) is 68.7 Å². The number of aryl methyl sites for hydroxylation is 1. The molecule has 124 valence electrons. The van der Waals surface area contributed by atoms with Crippen LogP contribution in [0.25, 0.3) is 0 Å². The van der Waals surface area contributed by atoms with E-state index in [1.165, 1.54) is 12.1 Å². The zero-order valence-corrected chi connectivity index (χ0v) is 13.4. The number of hydrogen-bond acceptors (Lipinski definition) is 5. The molecule has 0 unspecified atom stereocenters. The second-order valence-corrected chi connectivity index (χ2v) is 5.32. The highest BCUT2D eigenvalue weighted by Crippen LogP contribution is 2.26. The standard InChI is InChI=1S/C16H13ClN2O5/c1-10-2-4-11(5-3-10)16(21)24-9-15(20)18-14-8-12(19(22)23)6-7-13(14)17/h2-8H,9H2,1H3,(H,18,20). The molecule has 0 spiro atoms. The van der Waals surface area contributed by atoms with E-state index in [2.05, 4.69) is 5.32 Å². The fourth-order valence-electron chi connectivity index (χ4n) is 1.81. The number of nitro groups is 1. The van der Waals surface area contributed by atoms with Crippen LogP contribution < -0.4 is 5.32 Å². The second-order valence-electron chi connectivity index (χ2n) is 4.91. The van der Waals surface area contributed by atoms with Crippen molar-refractivity contribution in [2.24, 2.45) is 0 Å². The summed E-state index contributed by atoms with van der Waals surface area (Å²) < 4.78 is 4.89. The molecule has 0 radical (unpaired) electrons. The van der Waals surface area contributed by atoms with E-state index in [1.807, 2.05) is 6.92 Å². The van der Waals surface area contributed by atoms with Gasteiger partial charge in [0, 0.05) is 12.1 Å². The van der Waals surface area contributed by atoms with Crippen molar-refractivity contribution in [1.29, 1.82) is 0 Å². The SMILES string of the molecule is Cc1ccc(C(=O)OCC(=O)Nc2cc([N+](=O)[O-])ccc2Cl)cc1. The fourth-order valence-corrected chi connectivity index (χ4v) is 1.98. The lowest BCUT2D eigenvalue weighted by atomic mass is 10.1. The fraction of sp³-hybridized carbons (Fsp3) is 0.125. The summed E-state index contributed by atoms with van der Waals surface area (Å²) in [5.41, 5.74) is 1.17. The molecular formula is C16H13ClN2O5. The van der Waals surface area contributed by atoms with Crippen LogP contribution in [-0.2, 0) is 9.53 Å². The third kappa shape index (κ3) is 4.53. The van der Waals surface area contributed by atoms with E-state index in [0.29, 0.717) is 5.56 Å². The van der Waals surface area contributed by atoms with Crippen LogP contribution >= 0.6 is 11.6 Å². The number of non-ortho nitro benzene ring substituents is 1. The Labute approximate surface area is 142 Å². The lowest BCUT2D eigenvalue weighted by Crippen LogP contribution is -2.21. The van der Waals surface area contributed by atoms with Gasteiger partial charge in [-0.15, -0.1) is 0 Å². The van der Waals surface area contributed by atoms with Gasteiger partial charge in [-0.3, -0.25) is 14.9 Å². The zero-order chi connectivity index (χ0) is 17.7. The minimum atomic E-state index is -0.655. The maximum atomic E-state index is 11.8. The Morgan fingerprint density at radius 1 is 1.21 bits per heavy atom. The summed E-state index contributed by atoms with van der Waals surface area (Å²) in [5, 5.41) is 13.2. The van der Waals surface area contributed by atoms with Gasteiger partial charge in [0.15, 0.2) is 6.61 Å². The van der Waals surface area contributed by atoms with Gasteiger partial charge in [-0.2, -0.15) is 0 Å². The minimum Gasteiger partial charge on any atom is -0.452 e. The number of esters is 1. The van der Waals surface area contributed by atoms with E-state index in [-0.39, 0.29) is 16.4 Å². The predicted octanol–water partition coefficient (Wildman–Crippen LogP) is 3.35. The number of carbonyl (C=O) groups is 2. The second kappa shape index (κ2) is 7.56. The van der Waals surface area contributed by atoms with E-state index in [9.17, 15) is 19.7 Å². The van der Waals surface area contributed by atoms with Crippen molar-refractivity contribution in [2.75, 3.05) is 11.9 Å². The van der Waals surface area contributed by atoms with Crippen molar-refractivity contribution >= 4 is 34.9 Å². The molecule has 2 aromatic rings. The molecule has 0 aliphatic carbocycles. The number of carbonyl (C=O) groups excluding carboxylic acids is 2. The highest BCUT2D eigenvalue weighted by atomic mass is 35.5. The Morgan fingerprint density at radius 2 is 1.88 bits per heavy atom. The number of nitrogens with zero attached hydrogens (tertiary/aromatic N) is 1. The van der Waals surface area contributed by atoms with Gasteiger partial charge in [0.1, 0.15) is 0 Å². The van der Waals surface area contributed by atoms with Crippen LogP contribution in [0.15, 0.2) is 42.5 Å². The molecule has 0 saturated carbocycles. The molecule has 0 atom stereocenters.